The number of nitrogen functional groups attached to an aromatic ring is 1. The van der Waals surface area contributed by atoms with Crippen molar-refractivity contribution in [2.24, 2.45) is 0 Å². The quantitative estimate of drug-likeness (QED) is 0.563. The maximum Gasteiger partial charge on any atom is 0.195 e. The SMILES string of the molecule is N#Cc1cc(C(=O)CCl)ncc1N. The summed E-state index contributed by atoms with van der Waals surface area (Å²) in [6, 6.07) is 3.19. The molecule has 0 unspecified atom stereocenters. The number of hydrogen-bond acceptors (Lipinski definition) is 4. The first-order chi connectivity index (χ1) is 6.19. The fraction of sp³-hybridized carbons (Fsp3) is 0.125. The van der Waals surface area contributed by atoms with Crippen LogP contribution in [0.25, 0.3) is 0 Å². The molecule has 1 aromatic heterocycles. The molecule has 0 atom stereocenters. The van der Waals surface area contributed by atoms with Crippen LogP contribution in [0.15, 0.2) is 12.3 Å². The van der Waals surface area contributed by atoms with Crippen LogP contribution in [0.2, 0.25) is 0 Å². The monoisotopic (exact) mass is 195 g/mol. The van der Waals surface area contributed by atoms with E-state index in [1.165, 1.54) is 12.3 Å². The average molecular weight is 196 g/mol. The predicted molar refractivity (Wildman–Crippen MR) is 48.4 cm³/mol. The van der Waals surface area contributed by atoms with Gasteiger partial charge in [-0.25, -0.2) is 0 Å². The van der Waals surface area contributed by atoms with Gasteiger partial charge in [-0.15, -0.1) is 11.6 Å². The van der Waals surface area contributed by atoms with Gasteiger partial charge in [-0.05, 0) is 6.07 Å². The lowest BCUT2D eigenvalue weighted by atomic mass is 10.2. The van der Waals surface area contributed by atoms with E-state index in [4.69, 9.17) is 22.6 Å². The van der Waals surface area contributed by atoms with Crippen molar-refractivity contribution in [1.82, 2.24) is 4.98 Å². The van der Waals surface area contributed by atoms with E-state index in [1.807, 2.05) is 6.07 Å². The van der Waals surface area contributed by atoms with E-state index in [9.17, 15) is 4.79 Å². The zero-order chi connectivity index (χ0) is 9.84. The van der Waals surface area contributed by atoms with Crippen molar-refractivity contribution in [3.8, 4) is 6.07 Å². The molecule has 0 aromatic carbocycles. The van der Waals surface area contributed by atoms with Crippen LogP contribution in [0.1, 0.15) is 16.1 Å². The first kappa shape index (κ1) is 9.49. The maximum atomic E-state index is 11.0. The van der Waals surface area contributed by atoms with Gasteiger partial charge in [0.05, 0.1) is 23.3 Å². The molecule has 0 spiro atoms. The van der Waals surface area contributed by atoms with Crippen molar-refractivity contribution in [3.63, 3.8) is 0 Å². The third kappa shape index (κ3) is 1.95. The van der Waals surface area contributed by atoms with Gasteiger partial charge in [0.2, 0.25) is 0 Å². The number of pyridine rings is 1. The van der Waals surface area contributed by atoms with Crippen LogP contribution in [-0.2, 0) is 0 Å². The molecule has 2 N–H and O–H groups in total. The van der Waals surface area contributed by atoms with E-state index in [0.717, 1.165) is 0 Å². The maximum absolute atomic E-state index is 11.0. The highest BCUT2D eigenvalue weighted by atomic mass is 35.5. The second kappa shape index (κ2) is 3.87. The number of nitrogens with two attached hydrogens (primary N) is 1. The minimum absolute atomic E-state index is 0.151. The number of anilines is 1. The Kier molecular flexibility index (Phi) is 2.83. The van der Waals surface area contributed by atoms with Gasteiger partial charge in [0.1, 0.15) is 11.8 Å². The molecule has 0 saturated carbocycles. The molecule has 0 amide bonds. The number of nitriles is 1. The van der Waals surface area contributed by atoms with E-state index < -0.39 is 0 Å². The van der Waals surface area contributed by atoms with Gasteiger partial charge in [0, 0.05) is 0 Å². The minimum atomic E-state index is -0.321. The summed E-state index contributed by atoms with van der Waals surface area (Å²) in [7, 11) is 0. The second-order valence-corrected chi connectivity index (χ2v) is 2.59. The fourth-order valence-corrected chi connectivity index (χ4v) is 0.921. The van der Waals surface area contributed by atoms with Gasteiger partial charge in [-0.2, -0.15) is 5.26 Å². The summed E-state index contributed by atoms with van der Waals surface area (Å²) in [6.45, 7) is 0. The third-order valence-corrected chi connectivity index (χ3v) is 1.71. The lowest BCUT2D eigenvalue weighted by Crippen LogP contribution is -2.05. The lowest BCUT2D eigenvalue weighted by molar-refractivity contribution is 0.101. The lowest BCUT2D eigenvalue weighted by Gasteiger charge is -1.98. The van der Waals surface area contributed by atoms with Crippen LogP contribution in [0, 0.1) is 11.3 Å². The van der Waals surface area contributed by atoms with Crippen molar-refractivity contribution in [2.75, 3.05) is 11.6 Å². The molecule has 0 saturated heterocycles. The Labute approximate surface area is 79.9 Å². The molecule has 0 aliphatic rings. The van der Waals surface area contributed by atoms with Gasteiger partial charge < -0.3 is 5.73 Å². The number of rotatable bonds is 2. The van der Waals surface area contributed by atoms with Crippen LogP contribution >= 0.6 is 11.6 Å². The van der Waals surface area contributed by atoms with Gasteiger partial charge >= 0.3 is 0 Å². The summed E-state index contributed by atoms with van der Waals surface area (Å²) in [5, 5.41) is 8.60. The standard InChI is InChI=1S/C8H6ClN3O/c9-2-8(13)7-1-5(3-10)6(11)4-12-7/h1,4H,2,11H2. The summed E-state index contributed by atoms with van der Waals surface area (Å²) in [6.07, 6.45) is 1.28. The van der Waals surface area contributed by atoms with E-state index in [-0.39, 0.29) is 28.6 Å². The molecule has 0 radical (unpaired) electrons. The predicted octanol–water partition coefficient (Wildman–Crippen LogP) is 0.957. The summed E-state index contributed by atoms with van der Waals surface area (Å²) in [5.74, 6) is -0.472. The Morgan fingerprint density at radius 3 is 3.00 bits per heavy atom. The normalized spacial score (nSPS) is 9.23. The molecule has 0 bridgehead atoms. The molecule has 1 rings (SSSR count). The number of ketones is 1. The van der Waals surface area contributed by atoms with E-state index in [1.54, 1.807) is 0 Å². The number of carbonyl (C=O) groups is 1. The zero-order valence-electron chi connectivity index (χ0n) is 6.62. The molecule has 0 fully saturated rings. The zero-order valence-corrected chi connectivity index (χ0v) is 7.38. The van der Waals surface area contributed by atoms with Gasteiger partial charge in [0.25, 0.3) is 0 Å². The molecule has 1 aromatic rings. The van der Waals surface area contributed by atoms with Crippen molar-refractivity contribution in [3.05, 3.63) is 23.5 Å². The molecule has 66 valence electrons. The molecule has 4 nitrogen and oxygen atoms in total. The van der Waals surface area contributed by atoms with Crippen molar-refractivity contribution in [2.45, 2.75) is 0 Å². The van der Waals surface area contributed by atoms with E-state index in [2.05, 4.69) is 4.98 Å². The van der Waals surface area contributed by atoms with Crippen molar-refractivity contribution >= 4 is 23.1 Å². The number of alkyl halides is 1. The van der Waals surface area contributed by atoms with E-state index >= 15 is 0 Å². The number of aromatic nitrogens is 1. The number of Topliss-reactive ketones (excluding diaryl/α,β-unsaturated/α-hetero) is 1. The van der Waals surface area contributed by atoms with Crippen LogP contribution in [0.3, 0.4) is 0 Å². The highest BCUT2D eigenvalue weighted by molar-refractivity contribution is 6.30. The average Bonchev–Trinajstić information content (AvgIpc) is 2.17. The largest absolute Gasteiger partial charge is 0.396 e. The van der Waals surface area contributed by atoms with Crippen molar-refractivity contribution in [1.29, 1.82) is 5.26 Å². The van der Waals surface area contributed by atoms with Gasteiger partial charge in [-0.3, -0.25) is 9.78 Å². The number of nitrogens with zero attached hydrogens (tertiary/aromatic N) is 2. The van der Waals surface area contributed by atoms with Crippen LogP contribution in [0.5, 0.6) is 0 Å². The smallest absolute Gasteiger partial charge is 0.195 e. The first-order valence-corrected chi connectivity index (χ1v) is 3.97. The fourth-order valence-electron chi connectivity index (χ4n) is 0.784. The van der Waals surface area contributed by atoms with Gasteiger partial charge in [-0.1, -0.05) is 0 Å². The summed E-state index contributed by atoms with van der Waals surface area (Å²) in [4.78, 5) is 14.8. The molecule has 5 heteroatoms. The molecule has 13 heavy (non-hydrogen) atoms. The molecule has 0 aliphatic carbocycles. The topological polar surface area (TPSA) is 79.8 Å². The Bertz CT molecular complexity index is 383. The molecular weight excluding hydrogens is 190 g/mol. The molecule has 1 heterocycles. The summed E-state index contributed by atoms with van der Waals surface area (Å²) in [5.41, 5.74) is 6.08. The second-order valence-electron chi connectivity index (χ2n) is 2.33. The summed E-state index contributed by atoms with van der Waals surface area (Å²) < 4.78 is 0. The molecular formula is C8H6ClN3O. The van der Waals surface area contributed by atoms with Crippen LogP contribution < -0.4 is 5.73 Å². The highest BCUT2D eigenvalue weighted by Gasteiger charge is 2.08. The van der Waals surface area contributed by atoms with Gasteiger partial charge in [0.15, 0.2) is 5.78 Å². The first-order valence-electron chi connectivity index (χ1n) is 3.44. The Hall–Kier alpha value is -1.60. The Morgan fingerprint density at radius 1 is 1.77 bits per heavy atom. The van der Waals surface area contributed by atoms with Crippen LogP contribution in [-0.4, -0.2) is 16.6 Å². The third-order valence-electron chi connectivity index (χ3n) is 1.46. The highest BCUT2D eigenvalue weighted by Crippen LogP contribution is 2.10. The van der Waals surface area contributed by atoms with E-state index in [0.29, 0.717) is 0 Å². The summed E-state index contributed by atoms with van der Waals surface area (Å²) >= 11 is 5.32. The van der Waals surface area contributed by atoms with Crippen LogP contribution in [0.4, 0.5) is 5.69 Å². The van der Waals surface area contributed by atoms with Crippen molar-refractivity contribution < 1.29 is 4.79 Å². The number of halogens is 1. The molecule has 0 aliphatic heterocycles. The Morgan fingerprint density at radius 2 is 2.46 bits per heavy atom. The number of hydrogen-bond donors (Lipinski definition) is 1. The Balaban J connectivity index is 3.15. The number of carbonyl (C=O) groups excluding carboxylic acids is 1. The minimum Gasteiger partial charge on any atom is -0.396 e.